The Morgan fingerprint density at radius 2 is 2.26 bits per heavy atom. The summed E-state index contributed by atoms with van der Waals surface area (Å²) in [6, 6.07) is 1.88. The second-order valence-corrected chi connectivity index (χ2v) is 4.89. The van der Waals surface area contributed by atoms with Crippen LogP contribution in [0.4, 0.5) is 11.5 Å². The summed E-state index contributed by atoms with van der Waals surface area (Å²) in [5.41, 5.74) is 2.01. The summed E-state index contributed by atoms with van der Waals surface area (Å²) in [5.74, 6) is 1.17. The Morgan fingerprint density at radius 3 is 2.84 bits per heavy atom. The van der Waals surface area contributed by atoms with Crippen molar-refractivity contribution >= 4 is 17.4 Å². The number of amides is 1. The van der Waals surface area contributed by atoms with Crippen LogP contribution in [0.15, 0.2) is 6.07 Å². The van der Waals surface area contributed by atoms with Gasteiger partial charge < -0.3 is 14.4 Å². The number of carbonyl (C=O) groups is 1. The fraction of sp³-hybridized carbons (Fsp3) is 0.538. The van der Waals surface area contributed by atoms with Gasteiger partial charge in [-0.05, 0) is 12.5 Å². The highest BCUT2D eigenvalue weighted by Crippen LogP contribution is 2.38. The molecule has 2 aliphatic rings. The quantitative estimate of drug-likeness (QED) is 0.794. The monoisotopic (exact) mass is 263 g/mol. The average molecular weight is 263 g/mol. The van der Waals surface area contributed by atoms with Gasteiger partial charge in [0, 0.05) is 19.5 Å². The molecule has 1 fully saturated rings. The maximum absolute atomic E-state index is 12.2. The standard InChI is InChI=1S/C13H17N3O3/c1-8-6-9(18-3)14-13-12(8)15(2)7-10(17)16(13)11-4-5-19-11/h6,11H,4-5,7H2,1-3H3. The van der Waals surface area contributed by atoms with E-state index in [1.54, 1.807) is 12.0 Å². The molecule has 19 heavy (non-hydrogen) atoms. The van der Waals surface area contributed by atoms with Crippen molar-refractivity contribution in [2.45, 2.75) is 19.6 Å². The molecular formula is C13H17N3O3. The molecule has 1 unspecified atom stereocenters. The van der Waals surface area contributed by atoms with E-state index in [1.165, 1.54) is 0 Å². The Bertz CT molecular complexity index is 528. The molecule has 6 nitrogen and oxygen atoms in total. The van der Waals surface area contributed by atoms with Crippen molar-refractivity contribution in [2.24, 2.45) is 0 Å². The van der Waals surface area contributed by atoms with Gasteiger partial charge in [-0.15, -0.1) is 0 Å². The molecular weight excluding hydrogens is 246 g/mol. The third kappa shape index (κ3) is 1.83. The highest BCUT2D eigenvalue weighted by atomic mass is 16.5. The minimum Gasteiger partial charge on any atom is -0.481 e. The minimum atomic E-state index is -0.182. The zero-order valence-electron chi connectivity index (χ0n) is 11.3. The topological polar surface area (TPSA) is 54.9 Å². The number of carbonyl (C=O) groups excluding carboxylic acids is 1. The van der Waals surface area contributed by atoms with Crippen molar-refractivity contribution in [3.05, 3.63) is 11.6 Å². The number of likely N-dealkylation sites (N-methyl/N-ethyl adjacent to an activating group) is 1. The molecule has 0 saturated carbocycles. The van der Waals surface area contributed by atoms with Gasteiger partial charge >= 0.3 is 0 Å². The van der Waals surface area contributed by atoms with Crippen LogP contribution in [0.1, 0.15) is 12.0 Å². The molecule has 1 amide bonds. The Kier molecular flexibility index (Phi) is 2.82. The van der Waals surface area contributed by atoms with Gasteiger partial charge in [0.25, 0.3) is 0 Å². The molecule has 1 atom stereocenters. The van der Waals surface area contributed by atoms with Crippen LogP contribution in [0.25, 0.3) is 0 Å². The summed E-state index contributed by atoms with van der Waals surface area (Å²) in [7, 11) is 3.48. The van der Waals surface area contributed by atoms with Crippen LogP contribution in [-0.2, 0) is 9.53 Å². The Morgan fingerprint density at radius 1 is 1.53 bits per heavy atom. The number of aryl methyl sites for hydroxylation is 1. The van der Waals surface area contributed by atoms with E-state index in [2.05, 4.69) is 4.98 Å². The van der Waals surface area contributed by atoms with Crippen LogP contribution < -0.4 is 14.5 Å². The van der Waals surface area contributed by atoms with E-state index in [0.29, 0.717) is 24.8 Å². The lowest BCUT2D eigenvalue weighted by Crippen LogP contribution is -2.54. The Labute approximate surface area is 111 Å². The summed E-state index contributed by atoms with van der Waals surface area (Å²) in [5, 5.41) is 0. The van der Waals surface area contributed by atoms with E-state index < -0.39 is 0 Å². The van der Waals surface area contributed by atoms with Crippen molar-refractivity contribution in [3.8, 4) is 5.88 Å². The molecule has 6 heteroatoms. The number of aromatic nitrogens is 1. The lowest BCUT2D eigenvalue weighted by molar-refractivity contribution is -0.125. The lowest BCUT2D eigenvalue weighted by Gasteiger charge is -2.42. The predicted octanol–water partition coefficient (Wildman–Crippen LogP) is 0.928. The SMILES string of the molecule is COc1cc(C)c2c(n1)N(C1CCO1)C(=O)CN2C. The predicted molar refractivity (Wildman–Crippen MR) is 70.6 cm³/mol. The van der Waals surface area contributed by atoms with E-state index in [4.69, 9.17) is 9.47 Å². The highest BCUT2D eigenvalue weighted by Gasteiger charge is 2.38. The number of rotatable bonds is 2. The number of hydrogen-bond donors (Lipinski definition) is 0. The van der Waals surface area contributed by atoms with Crippen molar-refractivity contribution in [2.75, 3.05) is 37.1 Å². The maximum Gasteiger partial charge on any atom is 0.249 e. The number of pyridine rings is 1. The zero-order valence-corrected chi connectivity index (χ0v) is 11.3. The maximum atomic E-state index is 12.2. The fourth-order valence-electron chi connectivity index (χ4n) is 2.56. The fourth-order valence-corrected chi connectivity index (χ4v) is 2.56. The average Bonchev–Trinajstić information content (AvgIpc) is 2.30. The molecule has 2 aliphatic heterocycles. The number of anilines is 2. The van der Waals surface area contributed by atoms with Crippen LogP contribution in [-0.4, -0.2) is 44.4 Å². The van der Waals surface area contributed by atoms with Crippen LogP contribution in [0.3, 0.4) is 0 Å². The van der Waals surface area contributed by atoms with Crippen LogP contribution in [0.5, 0.6) is 5.88 Å². The van der Waals surface area contributed by atoms with E-state index in [1.807, 2.05) is 24.9 Å². The van der Waals surface area contributed by atoms with Crippen molar-refractivity contribution in [1.29, 1.82) is 0 Å². The van der Waals surface area contributed by atoms with Crippen molar-refractivity contribution in [3.63, 3.8) is 0 Å². The second-order valence-electron chi connectivity index (χ2n) is 4.89. The molecule has 102 valence electrons. The normalized spacial score (nSPS) is 22.1. The smallest absolute Gasteiger partial charge is 0.249 e. The molecule has 0 bridgehead atoms. The van der Waals surface area contributed by atoms with Gasteiger partial charge in [0.2, 0.25) is 11.8 Å². The van der Waals surface area contributed by atoms with Crippen molar-refractivity contribution in [1.82, 2.24) is 4.98 Å². The number of methoxy groups -OCH3 is 1. The molecule has 0 aliphatic carbocycles. The van der Waals surface area contributed by atoms with Crippen LogP contribution in [0.2, 0.25) is 0 Å². The third-order valence-electron chi connectivity index (χ3n) is 3.56. The molecule has 3 heterocycles. The first-order chi connectivity index (χ1) is 9.11. The van der Waals surface area contributed by atoms with E-state index in [9.17, 15) is 4.79 Å². The molecule has 0 N–H and O–H groups in total. The van der Waals surface area contributed by atoms with Crippen LogP contribution in [0, 0.1) is 6.92 Å². The van der Waals surface area contributed by atoms with E-state index >= 15 is 0 Å². The lowest BCUT2D eigenvalue weighted by atomic mass is 10.1. The number of nitrogens with zero attached hydrogens (tertiary/aromatic N) is 3. The first-order valence-electron chi connectivity index (χ1n) is 6.32. The van der Waals surface area contributed by atoms with Crippen LogP contribution >= 0.6 is 0 Å². The minimum absolute atomic E-state index is 0.0138. The summed E-state index contributed by atoms with van der Waals surface area (Å²) in [6.07, 6.45) is 0.672. The van der Waals surface area contributed by atoms with Crippen molar-refractivity contribution < 1.29 is 14.3 Å². The first-order valence-corrected chi connectivity index (χ1v) is 6.32. The highest BCUT2D eigenvalue weighted by molar-refractivity contribution is 6.03. The second kappa shape index (κ2) is 4.38. The largest absolute Gasteiger partial charge is 0.481 e. The number of ether oxygens (including phenoxy) is 2. The summed E-state index contributed by atoms with van der Waals surface area (Å²) in [6.45, 7) is 3.04. The van der Waals surface area contributed by atoms with Gasteiger partial charge in [-0.3, -0.25) is 9.69 Å². The number of hydrogen-bond acceptors (Lipinski definition) is 5. The molecule has 3 rings (SSSR count). The van der Waals surface area contributed by atoms with Gasteiger partial charge in [0.15, 0.2) is 5.82 Å². The third-order valence-corrected chi connectivity index (χ3v) is 3.56. The summed E-state index contributed by atoms with van der Waals surface area (Å²) >= 11 is 0. The zero-order chi connectivity index (χ0) is 13.6. The molecule has 1 aromatic heterocycles. The molecule has 0 spiro atoms. The van der Waals surface area contributed by atoms with E-state index in [-0.39, 0.29) is 12.1 Å². The Balaban J connectivity index is 2.12. The van der Waals surface area contributed by atoms with Gasteiger partial charge in [0.05, 0.1) is 25.9 Å². The molecule has 0 aromatic carbocycles. The van der Waals surface area contributed by atoms with Gasteiger partial charge in [0.1, 0.15) is 6.23 Å². The summed E-state index contributed by atoms with van der Waals surface area (Å²) < 4.78 is 10.7. The molecule has 1 saturated heterocycles. The van der Waals surface area contributed by atoms with Gasteiger partial charge in [-0.2, -0.15) is 4.98 Å². The Hall–Kier alpha value is -1.82. The number of fused-ring (bicyclic) bond motifs is 1. The van der Waals surface area contributed by atoms with E-state index in [0.717, 1.165) is 17.7 Å². The van der Waals surface area contributed by atoms with Gasteiger partial charge in [-0.25, -0.2) is 0 Å². The van der Waals surface area contributed by atoms with Gasteiger partial charge in [-0.1, -0.05) is 0 Å². The molecule has 1 aromatic rings. The molecule has 0 radical (unpaired) electrons. The summed E-state index contributed by atoms with van der Waals surface area (Å²) in [4.78, 5) is 20.3. The first kappa shape index (κ1) is 12.2.